The maximum atomic E-state index is 11.4. The van der Waals surface area contributed by atoms with Gasteiger partial charge in [-0.15, -0.1) is 11.3 Å². The fraction of sp³-hybridized carbons (Fsp3) is 0.500. The average molecular weight is 197 g/mol. The predicted molar refractivity (Wildman–Crippen MR) is 50.1 cm³/mol. The highest BCUT2D eigenvalue weighted by Gasteiger charge is 2.28. The minimum absolute atomic E-state index is 0.0511. The van der Waals surface area contributed by atoms with Gasteiger partial charge in [0, 0.05) is 18.1 Å². The molecule has 0 aromatic carbocycles. The van der Waals surface area contributed by atoms with Crippen molar-refractivity contribution in [1.82, 2.24) is 9.88 Å². The molecule has 5 heteroatoms. The van der Waals surface area contributed by atoms with E-state index in [0.29, 0.717) is 6.54 Å². The van der Waals surface area contributed by atoms with Crippen LogP contribution >= 0.6 is 11.3 Å². The van der Waals surface area contributed by atoms with Crippen LogP contribution in [0.2, 0.25) is 0 Å². The third kappa shape index (κ3) is 1.71. The molecule has 1 fully saturated rings. The summed E-state index contributed by atoms with van der Waals surface area (Å²) in [6.07, 6.45) is 2.52. The van der Waals surface area contributed by atoms with Crippen molar-refractivity contribution in [3.63, 3.8) is 0 Å². The van der Waals surface area contributed by atoms with Crippen LogP contribution in [0.4, 0.5) is 0 Å². The molecular formula is C8H11N3OS. The molecule has 1 amide bonds. The third-order valence-electron chi connectivity index (χ3n) is 2.15. The molecule has 2 N–H and O–H groups in total. The highest BCUT2D eigenvalue weighted by Crippen LogP contribution is 2.14. The Hall–Kier alpha value is -0.940. The van der Waals surface area contributed by atoms with Crippen LogP contribution in [-0.4, -0.2) is 28.4 Å². The van der Waals surface area contributed by atoms with Crippen LogP contribution in [0.5, 0.6) is 0 Å². The molecule has 1 aliphatic heterocycles. The fourth-order valence-electron chi connectivity index (χ4n) is 1.41. The molecule has 2 heterocycles. The molecule has 0 spiro atoms. The number of likely N-dealkylation sites (tertiary alicyclic amines) is 1. The topological polar surface area (TPSA) is 59.2 Å². The number of hydrogen-bond acceptors (Lipinski definition) is 4. The molecular weight excluding hydrogens is 186 g/mol. The van der Waals surface area contributed by atoms with Crippen LogP contribution in [0.15, 0.2) is 11.6 Å². The predicted octanol–water partition coefficient (Wildman–Crippen LogP) is 0.203. The average Bonchev–Trinajstić information content (AvgIpc) is 2.71. The Bertz CT molecular complexity index is 298. The van der Waals surface area contributed by atoms with E-state index in [-0.39, 0.29) is 11.9 Å². The number of amides is 1. The normalized spacial score (nSPS) is 22.7. The lowest BCUT2D eigenvalue weighted by Crippen LogP contribution is -2.33. The van der Waals surface area contributed by atoms with Gasteiger partial charge in [-0.2, -0.15) is 0 Å². The van der Waals surface area contributed by atoms with Crippen molar-refractivity contribution < 1.29 is 4.79 Å². The number of nitrogens with two attached hydrogens (primary N) is 1. The summed E-state index contributed by atoms with van der Waals surface area (Å²) in [5.41, 5.74) is 5.59. The number of nitrogens with zero attached hydrogens (tertiary/aromatic N) is 2. The number of hydrogen-bond donors (Lipinski definition) is 1. The molecule has 13 heavy (non-hydrogen) atoms. The van der Waals surface area contributed by atoms with Crippen molar-refractivity contribution in [2.45, 2.75) is 19.0 Å². The lowest BCUT2D eigenvalue weighted by molar-refractivity contribution is -0.129. The lowest BCUT2D eigenvalue weighted by Gasteiger charge is -2.13. The van der Waals surface area contributed by atoms with Crippen LogP contribution in [0.25, 0.3) is 0 Å². The molecule has 0 saturated carbocycles. The molecule has 4 nitrogen and oxygen atoms in total. The summed E-state index contributed by atoms with van der Waals surface area (Å²) in [6.45, 7) is 1.38. The molecule has 1 aromatic rings. The molecule has 1 aliphatic rings. The molecule has 1 aromatic heterocycles. The summed E-state index contributed by atoms with van der Waals surface area (Å²) < 4.78 is 0. The lowest BCUT2D eigenvalue weighted by atomic mass is 10.3. The van der Waals surface area contributed by atoms with Gasteiger partial charge >= 0.3 is 0 Å². The first-order valence-corrected chi connectivity index (χ1v) is 5.08. The van der Waals surface area contributed by atoms with E-state index in [9.17, 15) is 4.79 Å². The summed E-state index contributed by atoms with van der Waals surface area (Å²) in [5, 5.41) is 2.89. The number of carbonyl (C=O) groups is 1. The molecule has 0 radical (unpaired) electrons. The van der Waals surface area contributed by atoms with Gasteiger partial charge in [0.05, 0.1) is 12.6 Å². The minimum atomic E-state index is -0.292. The zero-order chi connectivity index (χ0) is 9.26. The van der Waals surface area contributed by atoms with Crippen molar-refractivity contribution in [3.8, 4) is 0 Å². The molecule has 0 bridgehead atoms. The highest BCUT2D eigenvalue weighted by atomic mass is 32.1. The number of carbonyl (C=O) groups excluding carboxylic acids is 1. The van der Waals surface area contributed by atoms with Crippen LogP contribution in [0.3, 0.4) is 0 Å². The molecule has 1 atom stereocenters. The van der Waals surface area contributed by atoms with Crippen molar-refractivity contribution in [3.05, 3.63) is 16.6 Å². The second kappa shape index (κ2) is 3.43. The van der Waals surface area contributed by atoms with Crippen molar-refractivity contribution >= 4 is 17.2 Å². The van der Waals surface area contributed by atoms with Gasteiger partial charge in [0.1, 0.15) is 5.01 Å². The second-order valence-electron chi connectivity index (χ2n) is 3.08. The van der Waals surface area contributed by atoms with E-state index in [1.165, 1.54) is 0 Å². The Morgan fingerprint density at radius 2 is 2.62 bits per heavy atom. The van der Waals surface area contributed by atoms with Gasteiger partial charge in [0.25, 0.3) is 0 Å². The maximum Gasteiger partial charge on any atom is 0.239 e. The third-order valence-corrected chi connectivity index (χ3v) is 2.91. The Labute approximate surface area is 80.4 Å². The van der Waals surface area contributed by atoms with Crippen LogP contribution in [-0.2, 0) is 11.3 Å². The smallest absolute Gasteiger partial charge is 0.239 e. The SMILES string of the molecule is NC1CCN(Cc2nccs2)C1=O. The molecule has 1 saturated heterocycles. The van der Waals surface area contributed by atoms with E-state index in [1.54, 1.807) is 22.4 Å². The number of thiazole rings is 1. The summed E-state index contributed by atoms with van der Waals surface area (Å²) >= 11 is 1.57. The first-order valence-electron chi connectivity index (χ1n) is 4.20. The highest BCUT2D eigenvalue weighted by molar-refractivity contribution is 7.09. The fourth-order valence-corrected chi connectivity index (χ4v) is 2.05. The monoisotopic (exact) mass is 197 g/mol. The Kier molecular flexibility index (Phi) is 2.28. The zero-order valence-corrected chi connectivity index (χ0v) is 7.96. The Morgan fingerprint density at radius 3 is 3.15 bits per heavy atom. The van der Waals surface area contributed by atoms with Crippen LogP contribution in [0.1, 0.15) is 11.4 Å². The van der Waals surface area contributed by atoms with Crippen LogP contribution < -0.4 is 5.73 Å². The number of aromatic nitrogens is 1. The van der Waals surface area contributed by atoms with Gasteiger partial charge in [-0.05, 0) is 6.42 Å². The van der Waals surface area contributed by atoms with Gasteiger partial charge < -0.3 is 10.6 Å². The van der Waals surface area contributed by atoms with E-state index >= 15 is 0 Å². The molecule has 1 unspecified atom stereocenters. The van der Waals surface area contributed by atoms with Crippen LogP contribution in [0, 0.1) is 0 Å². The van der Waals surface area contributed by atoms with Gasteiger partial charge in [-0.25, -0.2) is 4.98 Å². The molecule has 0 aliphatic carbocycles. The minimum Gasteiger partial charge on any atom is -0.335 e. The largest absolute Gasteiger partial charge is 0.335 e. The van der Waals surface area contributed by atoms with E-state index in [0.717, 1.165) is 18.0 Å². The summed E-state index contributed by atoms with van der Waals surface area (Å²) in [6, 6.07) is -0.292. The van der Waals surface area contributed by atoms with Crippen molar-refractivity contribution in [2.24, 2.45) is 5.73 Å². The molecule has 70 valence electrons. The summed E-state index contributed by atoms with van der Waals surface area (Å²) in [7, 11) is 0. The number of rotatable bonds is 2. The van der Waals surface area contributed by atoms with E-state index in [2.05, 4.69) is 4.98 Å². The first-order chi connectivity index (χ1) is 6.27. The van der Waals surface area contributed by atoms with Crippen molar-refractivity contribution in [2.75, 3.05) is 6.54 Å². The Morgan fingerprint density at radius 1 is 1.77 bits per heavy atom. The zero-order valence-electron chi connectivity index (χ0n) is 7.14. The van der Waals surface area contributed by atoms with Gasteiger partial charge in [-0.1, -0.05) is 0 Å². The summed E-state index contributed by atoms with van der Waals surface area (Å²) in [5.74, 6) is 0.0511. The first kappa shape index (κ1) is 8.65. The second-order valence-corrected chi connectivity index (χ2v) is 4.06. The van der Waals surface area contributed by atoms with E-state index in [1.807, 2.05) is 5.38 Å². The maximum absolute atomic E-state index is 11.4. The Balaban J connectivity index is 2.00. The van der Waals surface area contributed by atoms with Gasteiger partial charge in [0.2, 0.25) is 5.91 Å². The molecule has 2 rings (SSSR count). The van der Waals surface area contributed by atoms with Gasteiger partial charge in [-0.3, -0.25) is 4.79 Å². The van der Waals surface area contributed by atoms with Crippen molar-refractivity contribution in [1.29, 1.82) is 0 Å². The summed E-state index contributed by atoms with van der Waals surface area (Å²) in [4.78, 5) is 17.3. The van der Waals surface area contributed by atoms with E-state index in [4.69, 9.17) is 5.73 Å². The van der Waals surface area contributed by atoms with E-state index < -0.39 is 0 Å². The quantitative estimate of drug-likeness (QED) is 0.737. The van der Waals surface area contributed by atoms with Gasteiger partial charge in [0.15, 0.2) is 0 Å². The standard InChI is InChI=1S/C8H11N3OS/c9-6-1-3-11(8(6)12)5-7-10-2-4-13-7/h2,4,6H,1,3,5,9H2.